The molecule has 0 aliphatic heterocycles. The normalized spacial score (nSPS) is 11.2. The number of halogens is 2. The molecular formula is C21H15ClFNO. The average molecular weight is 352 g/mol. The summed E-state index contributed by atoms with van der Waals surface area (Å²) in [7, 11) is 0. The Hall–Kier alpha value is -2.65. The van der Waals surface area contributed by atoms with E-state index >= 15 is 0 Å². The summed E-state index contributed by atoms with van der Waals surface area (Å²) in [5.41, 5.74) is 3.71. The number of rotatable bonds is 2. The zero-order valence-electron chi connectivity index (χ0n) is 13.8. The molecule has 0 aliphatic rings. The van der Waals surface area contributed by atoms with Crippen molar-refractivity contribution in [2.24, 2.45) is 0 Å². The van der Waals surface area contributed by atoms with E-state index in [1.807, 2.05) is 44.2 Å². The topological polar surface area (TPSA) is 26.0 Å². The molecule has 2 heterocycles. The van der Waals surface area contributed by atoms with Crippen LogP contribution < -0.4 is 0 Å². The third kappa shape index (κ3) is 2.81. The summed E-state index contributed by atoms with van der Waals surface area (Å²) in [6.07, 6.45) is 0. The molecule has 0 spiro atoms. The fourth-order valence-corrected chi connectivity index (χ4v) is 3.30. The molecule has 4 aromatic rings. The van der Waals surface area contributed by atoms with Crippen LogP contribution in [-0.2, 0) is 0 Å². The van der Waals surface area contributed by atoms with E-state index in [2.05, 4.69) is 0 Å². The minimum atomic E-state index is -0.277. The highest BCUT2D eigenvalue weighted by Crippen LogP contribution is 2.36. The van der Waals surface area contributed by atoms with Gasteiger partial charge in [0, 0.05) is 21.5 Å². The average Bonchev–Trinajstić information content (AvgIpc) is 2.93. The third-order valence-electron chi connectivity index (χ3n) is 4.25. The lowest BCUT2D eigenvalue weighted by Crippen LogP contribution is -1.92. The largest absolute Gasteiger partial charge is 0.466 e. The third-order valence-corrected chi connectivity index (χ3v) is 4.49. The number of aromatic nitrogens is 1. The minimum Gasteiger partial charge on any atom is -0.466 e. The van der Waals surface area contributed by atoms with Gasteiger partial charge < -0.3 is 4.42 Å². The maximum Gasteiger partial charge on any atom is 0.131 e. The summed E-state index contributed by atoms with van der Waals surface area (Å²) in [5, 5.41) is 1.41. The van der Waals surface area contributed by atoms with Crippen LogP contribution in [0.4, 0.5) is 4.39 Å². The molecule has 0 atom stereocenters. The predicted octanol–water partition coefficient (Wildman–Crippen LogP) is 6.57. The van der Waals surface area contributed by atoms with Crippen LogP contribution in [0.15, 0.2) is 59.0 Å². The summed E-state index contributed by atoms with van der Waals surface area (Å²) >= 11 is 6.17. The second kappa shape index (κ2) is 6.01. The molecule has 124 valence electrons. The van der Waals surface area contributed by atoms with Crippen molar-refractivity contribution < 1.29 is 8.81 Å². The van der Waals surface area contributed by atoms with Crippen LogP contribution in [0.2, 0.25) is 5.02 Å². The maximum absolute atomic E-state index is 14.4. The minimum absolute atomic E-state index is 0.277. The number of fused-ring (bicyclic) bond motifs is 1. The first-order valence-corrected chi connectivity index (χ1v) is 8.33. The van der Waals surface area contributed by atoms with Crippen molar-refractivity contribution in [3.8, 4) is 22.4 Å². The molecule has 0 amide bonds. The Labute approximate surface area is 149 Å². The molecule has 2 nitrogen and oxygen atoms in total. The van der Waals surface area contributed by atoms with Gasteiger partial charge in [-0.2, -0.15) is 0 Å². The van der Waals surface area contributed by atoms with E-state index in [4.69, 9.17) is 21.0 Å². The van der Waals surface area contributed by atoms with Gasteiger partial charge >= 0.3 is 0 Å². The molecule has 0 saturated carbocycles. The van der Waals surface area contributed by atoms with Gasteiger partial charge in [-0.1, -0.05) is 29.8 Å². The Bertz CT molecular complexity index is 1100. The molecule has 4 rings (SSSR count). The molecule has 0 N–H and O–H groups in total. The van der Waals surface area contributed by atoms with Crippen molar-refractivity contribution in [3.63, 3.8) is 0 Å². The summed E-state index contributed by atoms with van der Waals surface area (Å²) < 4.78 is 20.1. The molecule has 0 bridgehead atoms. The Morgan fingerprint density at radius 3 is 2.44 bits per heavy atom. The lowest BCUT2D eigenvalue weighted by atomic mass is 9.98. The first-order valence-electron chi connectivity index (χ1n) is 7.95. The highest BCUT2D eigenvalue weighted by Gasteiger charge is 2.15. The molecule has 0 saturated heterocycles. The van der Waals surface area contributed by atoms with Gasteiger partial charge in [0.1, 0.15) is 17.3 Å². The van der Waals surface area contributed by atoms with Gasteiger partial charge in [0.2, 0.25) is 0 Å². The van der Waals surface area contributed by atoms with E-state index < -0.39 is 0 Å². The highest BCUT2D eigenvalue weighted by atomic mass is 35.5. The van der Waals surface area contributed by atoms with Gasteiger partial charge in [-0.05, 0) is 55.8 Å². The molecule has 0 aliphatic carbocycles. The Balaban J connectivity index is 2.07. The van der Waals surface area contributed by atoms with Gasteiger partial charge in [-0.15, -0.1) is 0 Å². The second-order valence-electron chi connectivity index (χ2n) is 6.02. The standard InChI is InChI=1S/C21H15ClFNO/c1-12-9-16(13(2)25-12)21-11-17(15-5-3-4-6-19(15)23)18-10-14(22)7-8-20(18)24-21/h3-11H,1-2H3. The van der Waals surface area contributed by atoms with Gasteiger partial charge in [0.05, 0.1) is 11.2 Å². The van der Waals surface area contributed by atoms with Crippen LogP contribution in [0.5, 0.6) is 0 Å². The van der Waals surface area contributed by atoms with E-state index in [1.54, 1.807) is 18.2 Å². The summed E-state index contributed by atoms with van der Waals surface area (Å²) in [5.74, 6) is 1.33. The molecule has 4 heteroatoms. The molecule has 2 aromatic carbocycles. The molecule has 0 fully saturated rings. The van der Waals surface area contributed by atoms with Gasteiger partial charge in [0.15, 0.2) is 0 Å². The van der Waals surface area contributed by atoms with Crippen molar-refractivity contribution in [2.45, 2.75) is 13.8 Å². The van der Waals surface area contributed by atoms with Crippen LogP contribution in [0.25, 0.3) is 33.3 Å². The quantitative estimate of drug-likeness (QED) is 0.408. The monoisotopic (exact) mass is 351 g/mol. The SMILES string of the molecule is Cc1cc(-c2cc(-c3ccccc3F)c3cc(Cl)ccc3n2)c(C)o1. The van der Waals surface area contributed by atoms with Crippen LogP contribution in [0, 0.1) is 19.7 Å². The first kappa shape index (κ1) is 15.9. The number of furan rings is 1. The predicted molar refractivity (Wildman–Crippen MR) is 99.3 cm³/mol. The summed E-state index contributed by atoms with van der Waals surface area (Å²) in [6.45, 7) is 3.80. The Morgan fingerprint density at radius 2 is 1.72 bits per heavy atom. The molecule has 2 aromatic heterocycles. The van der Waals surface area contributed by atoms with Crippen LogP contribution in [0.3, 0.4) is 0 Å². The van der Waals surface area contributed by atoms with Crippen molar-refractivity contribution >= 4 is 22.5 Å². The number of aryl methyl sites for hydroxylation is 2. The number of pyridine rings is 1. The van der Waals surface area contributed by atoms with Crippen molar-refractivity contribution in [2.75, 3.05) is 0 Å². The molecule has 25 heavy (non-hydrogen) atoms. The van der Waals surface area contributed by atoms with Crippen molar-refractivity contribution in [3.05, 3.63) is 77.0 Å². The van der Waals surface area contributed by atoms with Crippen LogP contribution in [0.1, 0.15) is 11.5 Å². The number of hydrogen-bond donors (Lipinski definition) is 0. The fourth-order valence-electron chi connectivity index (χ4n) is 3.12. The highest BCUT2D eigenvalue weighted by molar-refractivity contribution is 6.31. The van der Waals surface area contributed by atoms with Gasteiger partial charge in [0.25, 0.3) is 0 Å². The van der Waals surface area contributed by atoms with E-state index in [0.717, 1.165) is 39.2 Å². The number of nitrogens with zero attached hydrogens (tertiary/aromatic N) is 1. The fraction of sp³-hybridized carbons (Fsp3) is 0.0952. The van der Waals surface area contributed by atoms with E-state index in [0.29, 0.717) is 10.6 Å². The molecule has 0 unspecified atom stereocenters. The second-order valence-corrected chi connectivity index (χ2v) is 6.46. The Morgan fingerprint density at radius 1 is 0.920 bits per heavy atom. The van der Waals surface area contributed by atoms with E-state index in [9.17, 15) is 4.39 Å². The summed E-state index contributed by atoms with van der Waals surface area (Å²) in [6, 6.07) is 16.0. The Kier molecular flexibility index (Phi) is 3.81. The van der Waals surface area contributed by atoms with Gasteiger partial charge in [-0.25, -0.2) is 9.37 Å². The van der Waals surface area contributed by atoms with E-state index in [1.165, 1.54) is 6.07 Å². The first-order chi connectivity index (χ1) is 12.0. The van der Waals surface area contributed by atoms with Crippen LogP contribution in [-0.4, -0.2) is 4.98 Å². The molecular weight excluding hydrogens is 337 g/mol. The zero-order chi connectivity index (χ0) is 17.6. The lowest BCUT2D eigenvalue weighted by molar-refractivity contribution is 0.505. The lowest BCUT2D eigenvalue weighted by Gasteiger charge is -2.11. The maximum atomic E-state index is 14.4. The number of hydrogen-bond acceptors (Lipinski definition) is 2. The molecule has 0 radical (unpaired) electrons. The number of benzene rings is 2. The smallest absolute Gasteiger partial charge is 0.131 e. The van der Waals surface area contributed by atoms with Gasteiger partial charge in [-0.3, -0.25) is 0 Å². The van der Waals surface area contributed by atoms with E-state index in [-0.39, 0.29) is 5.82 Å². The van der Waals surface area contributed by atoms with Crippen LogP contribution >= 0.6 is 11.6 Å². The van der Waals surface area contributed by atoms with Crippen molar-refractivity contribution in [1.82, 2.24) is 4.98 Å². The summed E-state index contributed by atoms with van der Waals surface area (Å²) in [4.78, 5) is 4.74. The zero-order valence-corrected chi connectivity index (χ0v) is 14.6. The van der Waals surface area contributed by atoms with Crippen molar-refractivity contribution in [1.29, 1.82) is 0 Å².